The van der Waals surface area contributed by atoms with Crippen LogP contribution in [0.15, 0.2) is 29.2 Å². The fourth-order valence-electron chi connectivity index (χ4n) is 1.42. The minimum atomic E-state index is -2.56. The molecule has 18 heavy (non-hydrogen) atoms. The fourth-order valence-corrected chi connectivity index (χ4v) is 2.06. The van der Waals surface area contributed by atoms with Gasteiger partial charge in [0, 0.05) is 17.5 Å². The number of aliphatic hydroxyl groups is 1. The number of aliphatic hydroxyl groups excluding tert-OH is 1. The number of amides is 1. The first-order valence-corrected chi connectivity index (χ1v) is 6.38. The summed E-state index contributed by atoms with van der Waals surface area (Å²) in [5, 5.41) is 11.4. The van der Waals surface area contributed by atoms with Gasteiger partial charge in [-0.05, 0) is 25.5 Å². The summed E-state index contributed by atoms with van der Waals surface area (Å²) in [7, 11) is 0. The maximum atomic E-state index is 12.3. The second-order valence-corrected chi connectivity index (χ2v) is 4.79. The molecule has 0 saturated heterocycles. The third-order valence-electron chi connectivity index (χ3n) is 2.29. The molecule has 0 radical (unpaired) electrons. The molecule has 0 spiro atoms. The second-order valence-electron chi connectivity index (χ2n) is 3.76. The predicted molar refractivity (Wildman–Crippen MR) is 66.9 cm³/mol. The lowest BCUT2D eigenvalue weighted by molar-refractivity contribution is 0.0931. The molecular formula is C12H15F2NO2S. The Morgan fingerprint density at radius 2 is 2.11 bits per heavy atom. The zero-order valence-corrected chi connectivity index (χ0v) is 10.7. The van der Waals surface area contributed by atoms with Crippen molar-refractivity contribution in [1.82, 2.24) is 5.32 Å². The number of halogens is 2. The normalized spacial score (nSPS) is 12.5. The molecule has 1 unspecified atom stereocenters. The summed E-state index contributed by atoms with van der Waals surface area (Å²) >= 11 is 0.350. The van der Waals surface area contributed by atoms with Crippen LogP contribution in [0, 0.1) is 0 Å². The Hall–Kier alpha value is -1.14. The van der Waals surface area contributed by atoms with E-state index in [4.69, 9.17) is 5.11 Å². The van der Waals surface area contributed by atoms with Crippen molar-refractivity contribution < 1.29 is 18.7 Å². The molecule has 2 N–H and O–H groups in total. The van der Waals surface area contributed by atoms with Gasteiger partial charge in [-0.2, -0.15) is 8.78 Å². The molecule has 1 rings (SSSR count). The summed E-state index contributed by atoms with van der Waals surface area (Å²) in [5.41, 5.74) is 0.229. The van der Waals surface area contributed by atoms with E-state index >= 15 is 0 Å². The van der Waals surface area contributed by atoms with E-state index in [9.17, 15) is 13.6 Å². The van der Waals surface area contributed by atoms with Gasteiger partial charge in [0.25, 0.3) is 11.7 Å². The van der Waals surface area contributed by atoms with Gasteiger partial charge in [0.15, 0.2) is 0 Å². The van der Waals surface area contributed by atoms with E-state index in [2.05, 4.69) is 5.32 Å². The maximum Gasteiger partial charge on any atom is 0.288 e. The summed E-state index contributed by atoms with van der Waals surface area (Å²) in [5.74, 6) is -2.96. The zero-order valence-electron chi connectivity index (χ0n) is 9.90. The predicted octanol–water partition coefficient (Wildman–Crippen LogP) is 2.50. The second kappa shape index (κ2) is 7.33. The van der Waals surface area contributed by atoms with Crippen LogP contribution < -0.4 is 5.32 Å². The van der Waals surface area contributed by atoms with Gasteiger partial charge in [-0.15, -0.1) is 0 Å². The van der Waals surface area contributed by atoms with E-state index < -0.39 is 11.7 Å². The summed E-state index contributed by atoms with van der Waals surface area (Å²) < 4.78 is 24.7. The van der Waals surface area contributed by atoms with Gasteiger partial charge in [-0.3, -0.25) is 4.79 Å². The molecule has 0 bridgehead atoms. The highest BCUT2D eigenvalue weighted by atomic mass is 32.2. The number of carbonyl (C=O) groups is 1. The minimum Gasteiger partial charge on any atom is -0.396 e. The third-order valence-corrected chi connectivity index (χ3v) is 3.08. The van der Waals surface area contributed by atoms with Crippen LogP contribution >= 0.6 is 11.8 Å². The lowest BCUT2D eigenvalue weighted by atomic mass is 10.2. The zero-order chi connectivity index (χ0) is 13.5. The van der Waals surface area contributed by atoms with E-state index in [0.717, 1.165) is 0 Å². The van der Waals surface area contributed by atoms with Gasteiger partial charge in [-0.25, -0.2) is 0 Å². The molecule has 0 aliphatic rings. The summed E-state index contributed by atoms with van der Waals surface area (Å²) in [6.45, 7) is 1.71. The van der Waals surface area contributed by atoms with E-state index in [0.29, 0.717) is 18.2 Å². The van der Waals surface area contributed by atoms with Crippen molar-refractivity contribution in [3.8, 4) is 0 Å². The molecular weight excluding hydrogens is 260 g/mol. The van der Waals surface area contributed by atoms with Crippen LogP contribution in [-0.4, -0.2) is 29.4 Å². The SMILES string of the molecule is CC(CCO)NC(=O)c1ccccc1SC(F)F. The molecule has 0 heterocycles. The Kier molecular flexibility index (Phi) is 6.07. The average Bonchev–Trinajstić information content (AvgIpc) is 2.28. The lowest BCUT2D eigenvalue weighted by Crippen LogP contribution is -2.33. The largest absolute Gasteiger partial charge is 0.396 e. The Balaban J connectivity index is 2.78. The van der Waals surface area contributed by atoms with Crippen LogP contribution in [0.2, 0.25) is 0 Å². The number of benzene rings is 1. The van der Waals surface area contributed by atoms with Crippen LogP contribution in [-0.2, 0) is 0 Å². The third kappa shape index (κ3) is 4.62. The number of rotatable bonds is 6. The molecule has 0 saturated carbocycles. The number of hydrogen-bond donors (Lipinski definition) is 2. The van der Waals surface area contributed by atoms with Crippen LogP contribution in [0.5, 0.6) is 0 Å². The molecule has 3 nitrogen and oxygen atoms in total. The monoisotopic (exact) mass is 275 g/mol. The first kappa shape index (κ1) is 14.9. The van der Waals surface area contributed by atoms with Gasteiger partial charge in [0.2, 0.25) is 0 Å². The summed E-state index contributed by atoms with van der Waals surface area (Å²) in [4.78, 5) is 12.1. The van der Waals surface area contributed by atoms with Gasteiger partial charge in [-0.1, -0.05) is 23.9 Å². The highest BCUT2D eigenvalue weighted by Crippen LogP contribution is 2.28. The standard InChI is InChI=1S/C12H15F2NO2S/c1-8(6-7-16)15-11(17)9-4-2-3-5-10(9)18-12(13)14/h2-5,8,12,16H,6-7H2,1H3,(H,15,17). The van der Waals surface area contributed by atoms with E-state index in [-0.39, 0.29) is 23.1 Å². The van der Waals surface area contributed by atoms with Crippen molar-refractivity contribution in [2.45, 2.75) is 30.0 Å². The first-order chi connectivity index (χ1) is 8.54. The number of alkyl halides is 2. The van der Waals surface area contributed by atoms with Crippen molar-refractivity contribution in [1.29, 1.82) is 0 Å². The highest BCUT2D eigenvalue weighted by Gasteiger charge is 2.16. The average molecular weight is 275 g/mol. The van der Waals surface area contributed by atoms with Gasteiger partial charge >= 0.3 is 0 Å². The van der Waals surface area contributed by atoms with E-state index in [1.54, 1.807) is 19.1 Å². The number of hydrogen-bond acceptors (Lipinski definition) is 3. The van der Waals surface area contributed by atoms with Crippen LogP contribution in [0.4, 0.5) is 8.78 Å². The maximum absolute atomic E-state index is 12.3. The quantitative estimate of drug-likeness (QED) is 0.784. The number of nitrogens with one attached hydrogen (secondary N) is 1. The van der Waals surface area contributed by atoms with E-state index in [1.165, 1.54) is 12.1 Å². The Morgan fingerprint density at radius 3 is 2.72 bits per heavy atom. The molecule has 0 aliphatic carbocycles. The molecule has 0 aliphatic heterocycles. The molecule has 100 valence electrons. The first-order valence-electron chi connectivity index (χ1n) is 5.50. The smallest absolute Gasteiger partial charge is 0.288 e. The van der Waals surface area contributed by atoms with Crippen molar-refractivity contribution in [2.75, 3.05) is 6.61 Å². The van der Waals surface area contributed by atoms with Crippen molar-refractivity contribution in [3.05, 3.63) is 29.8 Å². The van der Waals surface area contributed by atoms with Crippen molar-refractivity contribution >= 4 is 17.7 Å². The van der Waals surface area contributed by atoms with Gasteiger partial charge in [0.1, 0.15) is 0 Å². The number of thioether (sulfide) groups is 1. The summed E-state index contributed by atoms with van der Waals surface area (Å²) in [6.07, 6.45) is 0.426. The van der Waals surface area contributed by atoms with Gasteiger partial charge < -0.3 is 10.4 Å². The highest BCUT2D eigenvalue weighted by molar-refractivity contribution is 7.99. The molecule has 6 heteroatoms. The number of carbonyl (C=O) groups excluding carboxylic acids is 1. The van der Waals surface area contributed by atoms with Crippen molar-refractivity contribution in [2.24, 2.45) is 0 Å². The fraction of sp³-hybridized carbons (Fsp3) is 0.417. The van der Waals surface area contributed by atoms with Crippen molar-refractivity contribution in [3.63, 3.8) is 0 Å². The van der Waals surface area contributed by atoms with Gasteiger partial charge in [0.05, 0.1) is 5.56 Å². The van der Waals surface area contributed by atoms with E-state index in [1.807, 2.05) is 0 Å². The Bertz CT molecular complexity index is 401. The van der Waals surface area contributed by atoms with Crippen LogP contribution in [0.25, 0.3) is 0 Å². The molecule has 0 fully saturated rings. The molecule has 1 amide bonds. The minimum absolute atomic E-state index is 0.0329. The lowest BCUT2D eigenvalue weighted by Gasteiger charge is -2.14. The molecule has 1 aromatic carbocycles. The molecule has 1 aromatic rings. The summed E-state index contributed by atoms with van der Waals surface area (Å²) in [6, 6.07) is 6.03. The van der Waals surface area contributed by atoms with Crippen LogP contribution in [0.1, 0.15) is 23.7 Å². The topological polar surface area (TPSA) is 49.3 Å². The molecule has 0 aromatic heterocycles. The molecule has 1 atom stereocenters. The Labute approximate surface area is 109 Å². The van der Waals surface area contributed by atoms with Crippen LogP contribution in [0.3, 0.4) is 0 Å². The Morgan fingerprint density at radius 1 is 1.44 bits per heavy atom.